The molecule has 2 aromatic heterocycles. The molecule has 0 radical (unpaired) electrons. The first-order chi connectivity index (χ1) is 12.1. The third-order valence-electron chi connectivity index (χ3n) is 4.10. The van der Waals surface area contributed by atoms with Crippen LogP contribution in [0.1, 0.15) is 11.1 Å². The van der Waals surface area contributed by atoms with E-state index in [2.05, 4.69) is 38.0 Å². The van der Waals surface area contributed by atoms with E-state index in [1.54, 1.807) is 29.6 Å². The quantitative estimate of drug-likeness (QED) is 0.762. The maximum Gasteiger partial charge on any atom is 0.272 e. The Kier molecular flexibility index (Phi) is 4.14. The Hall–Kier alpha value is -2.45. The number of hydrogen-bond donors (Lipinski definition) is 1. The van der Waals surface area contributed by atoms with Gasteiger partial charge in [-0.25, -0.2) is 8.42 Å². The van der Waals surface area contributed by atoms with E-state index in [4.69, 9.17) is 0 Å². The van der Waals surface area contributed by atoms with Crippen molar-refractivity contribution < 1.29 is 8.42 Å². The van der Waals surface area contributed by atoms with E-state index >= 15 is 0 Å². The molecule has 0 saturated heterocycles. The Morgan fingerprint density at radius 3 is 2.56 bits per heavy atom. The average molecular weight is 372 g/mol. The second-order valence-electron chi connectivity index (χ2n) is 5.75. The summed E-state index contributed by atoms with van der Waals surface area (Å²) in [7, 11) is -3.60. The van der Waals surface area contributed by atoms with Gasteiger partial charge in [0.2, 0.25) is 0 Å². The largest absolute Gasteiger partial charge is 0.350 e. The minimum absolute atomic E-state index is 0.217. The van der Waals surface area contributed by atoms with Gasteiger partial charge >= 0.3 is 0 Å². The maximum absolute atomic E-state index is 12.2. The van der Waals surface area contributed by atoms with Crippen LogP contribution in [0, 0.1) is 0 Å². The lowest BCUT2D eigenvalue weighted by Gasteiger charge is -2.29. The van der Waals surface area contributed by atoms with Crippen LogP contribution >= 0.6 is 11.3 Å². The van der Waals surface area contributed by atoms with Crippen LogP contribution in [0.5, 0.6) is 0 Å². The number of fused-ring (bicyclic) bond motifs is 1. The van der Waals surface area contributed by atoms with Crippen LogP contribution in [0.25, 0.3) is 0 Å². The van der Waals surface area contributed by atoms with E-state index in [0.717, 1.165) is 36.7 Å². The fourth-order valence-corrected chi connectivity index (χ4v) is 4.83. The lowest BCUT2D eigenvalue weighted by molar-refractivity contribution is 0.603. The van der Waals surface area contributed by atoms with Gasteiger partial charge < -0.3 is 4.90 Å². The van der Waals surface area contributed by atoms with Crippen LogP contribution in [0.3, 0.4) is 0 Å². The van der Waals surface area contributed by atoms with Gasteiger partial charge in [-0.05, 0) is 41.1 Å². The van der Waals surface area contributed by atoms with Gasteiger partial charge in [0.05, 0.1) is 0 Å². The molecule has 0 unspecified atom stereocenters. The fourth-order valence-electron chi connectivity index (χ4n) is 2.84. The van der Waals surface area contributed by atoms with Gasteiger partial charge in [-0.15, -0.1) is 21.5 Å². The van der Waals surface area contributed by atoms with Crippen LogP contribution in [-0.4, -0.2) is 25.2 Å². The van der Waals surface area contributed by atoms with Gasteiger partial charge in [0, 0.05) is 13.1 Å². The molecule has 3 aromatic rings. The minimum Gasteiger partial charge on any atom is -0.350 e. The van der Waals surface area contributed by atoms with Crippen molar-refractivity contribution in [1.82, 2.24) is 10.2 Å². The Bertz CT molecular complexity index is 970. The number of hydrogen-bond acceptors (Lipinski definition) is 6. The first-order valence-electron chi connectivity index (χ1n) is 7.84. The average Bonchev–Trinajstić information content (AvgIpc) is 3.17. The van der Waals surface area contributed by atoms with Crippen molar-refractivity contribution in [1.29, 1.82) is 0 Å². The lowest BCUT2D eigenvalue weighted by Crippen LogP contribution is -2.31. The zero-order valence-electron chi connectivity index (χ0n) is 13.3. The van der Waals surface area contributed by atoms with E-state index < -0.39 is 10.0 Å². The van der Waals surface area contributed by atoms with Gasteiger partial charge in [-0.2, -0.15) is 0 Å². The summed E-state index contributed by atoms with van der Waals surface area (Å²) in [6.45, 7) is 1.65. The molecular weight excluding hydrogens is 356 g/mol. The molecule has 0 bridgehead atoms. The molecule has 0 spiro atoms. The zero-order valence-corrected chi connectivity index (χ0v) is 14.9. The molecule has 4 rings (SSSR count). The molecule has 1 aliphatic rings. The van der Waals surface area contributed by atoms with Crippen molar-refractivity contribution in [3.8, 4) is 0 Å². The molecule has 25 heavy (non-hydrogen) atoms. The highest BCUT2D eigenvalue weighted by atomic mass is 32.2. The summed E-state index contributed by atoms with van der Waals surface area (Å²) in [4.78, 5) is 2.15. The van der Waals surface area contributed by atoms with Gasteiger partial charge in [0.15, 0.2) is 11.6 Å². The fraction of sp³-hybridized carbons (Fsp3) is 0.176. The van der Waals surface area contributed by atoms with Gasteiger partial charge in [0.1, 0.15) is 4.21 Å². The van der Waals surface area contributed by atoms with Gasteiger partial charge in [0.25, 0.3) is 10.0 Å². The maximum atomic E-state index is 12.2. The predicted molar refractivity (Wildman–Crippen MR) is 98.4 cm³/mol. The summed E-state index contributed by atoms with van der Waals surface area (Å²) in [5, 5.41) is 9.94. The van der Waals surface area contributed by atoms with E-state index in [-0.39, 0.29) is 10.0 Å². The molecule has 1 N–H and O–H groups in total. The molecule has 1 aromatic carbocycles. The second-order valence-corrected chi connectivity index (χ2v) is 8.61. The topological polar surface area (TPSA) is 75.2 Å². The summed E-state index contributed by atoms with van der Waals surface area (Å²) < 4.78 is 27.1. The summed E-state index contributed by atoms with van der Waals surface area (Å²) in [6, 6.07) is 15.1. The normalized spacial score (nSPS) is 14.2. The number of sulfonamides is 1. The first-order valence-corrected chi connectivity index (χ1v) is 10.2. The van der Waals surface area contributed by atoms with Crippen LogP contribution in [0.2, 0.25) is 0 Å². The van der Waals surface area contributed by atoms with Crippen LogP contribution in [0.15, 0.2) is 58.1 Å². The highest BCUT2D eigenvalue weighted by Gasteiger charge is 2.19. The Balaban J connectivity index is 1.50. The SMILES string of the molecule is O=S(=O)(Nc1ccc(N2CCc3ccccc3C2)nn1)c1cccs1. The number of nitrogens with one attached hydrogen (secondary N) is 1. The van der Waals surface area contributed by atoms with E-state index in [1.165, 1.54) is 11.1 Å². The van der Waals surface area contributed by atoms with Crippen molar-refractivity contribution in [3.63, 3.8) is 0 Å². The van der Waals surface area contributed by atoms with Crippen molar-refractivity contribution in [2.45, 2.75) is 17.2 Å². The van der Waals surface area contributed by atoms with Gasteiger partial charge in [-0.1, -0.05) is 30.3 Å². The van der Waals surface area contributed by atoms with Crippen LogP contribution < -0.4 is 9.62 Å². The molecule has 0 saturated carbocycles. The molecule has 8 heteroatoms. The number of rotatable bonds is 4. The van der Waals surface area contributed by atoms with E-state index in [1.807, 2.05) is 6.07 Å². The molecule has 6 nitrogen and oxygen atoms in total. The minimum atomic E-state index is -3.60. The molecule has 3 heterocycles. The Morgan fingerprint density at radius 2 is 1.84 bits per heavy atom. The standard InChI is InChI=1S/C17H16N4O2S2/c22-25(23,17-6-3-11-24-17)20-15-7-8-16(19-18-15)21-10-9-13-4-1-2-5-14(13)12-21/h1-8,11H,9-10,12H2,(H,18,20). The van der Waals surface area contributed by atoms with Crippen LogP contribution in [-0.2, 0) is 23.0 Å². The van der Waals surface area contributed by atoms with E-state index in [9.17, 15) is 8.42 Å². The molecule has 0 fully saturated rings. The molecular formula is C17H16N4O2S2. The summed E-state index contributed by atoms with van der Waals surface area (Å²) >= 11 is 1.16. The highest BCUT2D eigenvalue weighted by molar-refractivity contribution is 7.94. The molecule has 128 valence electrons. The van der Waals surface area contributed by atoms with Crippen LogP contribution in [0.4, 0.5) is 11.6 Å². The lowest BCUT2D eigenvalue weighted by atomic mass is 10.00. The highest BCUT2D eigenvalue weighted by Crippen LogP contribution is 2.24. The molecule has 1 aliphatic heterocycles. The Morgan fingerprint density at radius 1 is 1.00 bits per heavy atom. The number of nitrogens with zero attached hydrogens (tertiary/aromatic N) is 3. The summed E-state index contributed by atoms with van der Waals surface area (Å²) in [6.07, 6.45) is 0.963. The second kappa shape index (κ2) is 6.45. The van der Waals surface area contributed by atoms with Gasteiger partial charge in [-0.3, -0.25) is 4.72 Å². The summed E-state index contributed by atoms with van der Waals surface area (Å²) in [5.74, 6) is 0.961. The van der Waals surface area contributed by atoms with Crippen molar-refractivity contribution in [3.05, 3.63) is 65.0 Å². The van der Waals surface area contributed by atoms with Crippen molar-refractivity contribution in [2.75, 3.05) is 16.2 Å². The number of aromatic nitrogens is 2. The first kappa shape index (κ1) is 16.0. The Labute approximate surface area is 150 Å². The van der Waals surface area contributed by atoms with E-state index in [0.29, 0.717) is 0 Å². The molecule has 0 amide bonds. The number of anilines is 2. The predicted octanol–water partition coefficient (Wildman–Crippen LogP) is 2.90. The third kappa shape index (κ3) is 3.35. The summed E-state index contributed by atoms with van der Waals surface area (Å²) in [5.41, 5.74) is 2.66. The number of benzene rings is 1. The monoisotopic (exact) mass is 372 g/mol. The third-order valence-corrected chi connectivity index (χ3v) is 6.86. The molecule has 0 aliphatic carbocycles. The number of thiophene rings is 1. The zero-order chi connectivity index (χ0) is 17.3. The smallest absolute Gasteiger partial charge is 0.272 e. The molecule has 0 atom stereocenters. The van der Waals surface area contributed by atoms with Crippen molar-refractivity contribution in [2.24, 2.45) is 0 Å². The van der Waals surface area contributed by atoms with Crippen molar-refractivity contribution >= 4 is 33.0 Å².